The highest BCUT2D eigenvalue weighted by Crippen LogP contribution is 2.31. The molecule has 1 unspecified atom stereocenters. The van der Waals surface area contributed by atoms with Crippen LogP contribution in [0.15, 0.2) is 22.7 Å². The summed E-state index contributed by atoms with van der Waals surface area (Å²) in [6, 6.07) is 7.14. The van der Waals surface area contributed by atoms with Gasteiger partial charge in [-0.25, -0.2) is 0 Å². The molecule has 2 nitrogen and oxygen atoms in total. The number of rotatable bonds is 3. The number of anilines is 1. The first-order valence-electron chi connectivity index (χ1n) is 7.01. The molecule has 2 N–H and O–H groups in total. The predicted octanol–water partition coefficient (Wildman–Crippen LogP) is 4.07. The van der Waals surface area contributed by atoms with Crippen molar-refractivity contribution in [3.63, 3.8) is 0 Å². The minimum absolute atomic E-state index is 0.621. The molecular weight excluding hydrogens is 288 g/mol. The third-order valence-corrected chi connectivity index (χ3v) is 4.42. The molecule has 2 rings (SSSR count). The van der Waals surface area contributed by atoms with Crippen LogP contribution in [0.1, 0.15) is 44.6 Å². The van der Waals surface area contributed by atoms with Gasteiger partial charge in [-0.05, 0) is 37.0 Å². The first-order valence-corrected chi connectivity index (χ1v) is 7.80. The third-order valence-electron chi connectivity index (χ3n) is 3.93. The van der Waals surface area contributed by atoms with Gasteiger partial charge in [-0.3, -0.25) is 0 Å². The van der Waals surface area contributed by atoms with Crippen LogP contribution in [0.5, 0.6) is 0 Å². The van der Waals surface area contributed by atoms with E-state index in [4.69, 9.17) is 5.73 Å². The van der Waals surface area contributed by atoms with Gasteiger partial charge in [-0.15, -0.1) is 0 Å². The van der Waals surface area contributed by atoms with Crippen LogP contribution in [0, 0.1) is 0 Å². The van der Waals surface area contributed by atoms with Gasteiger partial charge in [0.2, 0.25) is 0 Å². The van der Waals surface area contributed by atoms with E-state index in [1.54, 1.807) is 0 Å². The number of hydrogen-bond acceptors (Lipinski definition) is 2. The summed E-state index contributed by atoms with van der Waals surface area (Å²) in [5.41, 5.74) is 8.49. The Kier molecular flexibility index (Phi) is 5.07. The fourth-order valence-corrected chi connectivity index (χ4v) is 3.24. The van der Waals surface area contributed by atoms with Crippen LogP contribution in [0.2, 0.25) is 0 Å². The summed E-state index contributed by atoms with van der Waals surface area (Å²) in [7, 11) is 0. The smallest absolute Gasteiger partial charge is 0.0425 e. The molecular formula is C15H23BrN2. The molecule has 1 aromatic carbocycles. The van der Waals surface area contributed by atoms with E-state index in [1.807, 2.05) is 0 Å². The summed E-state index contributed by atoms with van der Waals surface area (Å²) in [6.45, 7) is 4.08. The summed E-state index contributed by atoms with van der Waals surface area (Å²) < 4.78 is 1.15. The van der Waals surface area contributed by atoms with E-state index in [9.17, 15) is 0 Å². The largest absolute Gasteiger partial charge is 0.368 e. The average Bonchev–Trinajstić information content (AvgIpc) is 2.63. The van der Waals surface area contributed by atoms with Crippen molar-refractivity contribution in [3.8, 4) is 0 Å². The quantitative estimate of drug-likeness (QED) is 0.912. The van der Waals surface area contributed by atoms with Gasteiger partial charge in [0.25, 0.3) is 0 Å². The first-order chi connectivity index (χ1) is 8.76. The highest BCUT2D eigenvalue weighted by Gasteiger charge is 2.21. The van der Waals surface area contributed by atoms with Gasteiger partial charge in [0, 0.05) is 29.3 Å². The van der Waals surface area contributed by atoms with E-state index in [0.29, 0.717) is 12.6 Å². The van der Waals surface area contributed by atoms with Crippen LogP contribution in [-0.4, -0.2) is 12.6 Å². The Balaban J connectivity index is 2.34. The Morgan fingerprint density at radius 1 is 1.33 bits per heavy atom. The normalized spacial score (nSPS) is 20.8. The molecule has 1 aromatic rings. The minimum atomic E-state index is 0.621. The molecule has 0 aromatic heterocycles. The summed E-state index contributed by atoms with van der Waals surface area (Å²) in [4.78, 5) is 2.58. The zero-order chi connectivity index (χ0) is 13.0. The maximum atomic E-state index is 5.89. The van der Waals surface area contributed by atoms with Crippen molar-refractivity contribution >= 4 is 21.6 Å². The summed E-state index contributed by atoms with van der Waals surface area (Å²) in [6.07, 6.45) is 6.55. The van der Waals surface area contributed by atoms with E-state index in [1.165, 1.54) is 49.9 Å². The number of halogens is 1. The van der Waals surface area contributed by atoms with Crippen LogP contribution >= 0.6 is 15.9 Å². The number of nitrogens with two attached hydrogens (primary N) is 1. The molecule has 18 heavy (non-hydrogen) atoms. The van der Waals surface area contributed by atoms with Crippen LogP contribution in [0.4, 0.5) is 5.69 Å². The second kappa shape index (κ2) is 6.58. The molecule has 1 fully saturated rings. The standard InChI is InChI=1S/C15H23BrN2/c1-2-14-6-4-3-5-9-18(14)15-10-13(16)8-7-12(15)11-17/h7-8,10,14H,2-6,9,11,17H2,1H3. The molecule has 1 saturated heterocycles. The molecule has 1 atom stereocenters. The van der Waals surface area contributed by atoms with E-state index >= 15 is 0 Å². The van der Waals surface area contributed by atoms with Gasteiger partial charge in [-0.2, -0.15) is 0 Å². The molecule has 0 radical (unpaired) electrons. The molecule has 0 bridgehead atoms. The molecule has 0 aliphatic carbocycles. The summed E-state index contributed by atoms with van der Waals surface area (Å²) >= 11 is 3.59. The van der Waals surface area contributed by atoms with Crippen molar-refractivity contribution in [1.82, 2.24) is 0 Å². The van der Waals surface area contributed by atoms with E-state index in [-0.39, 0.29) is 0 Å². The Morgan fingerprint density at radius 3 is 2.89 bits per heavy atom. The highest BCUT2D eigenvalue weighted by atomic mass is 79.9. The SMILES string of the molecule is CCC1CCCCCN1c1cc(Br)ccc1CN. The third kappa shape index (κ3) is 3.07. The Bertz CT molecular complexity index is 392. The molecule has 0 spiro atoms. The molecule has 0 saturated carbocycles. The van der Waals surface area contributed by atoms with E-state index in [0.717, 1.165) is 4.47 Å². The van der Waals surface area contributed by atoms with Crippen molar-refractivity contribution < 1.29 is 0 Å². The minimum Gasteiger partial charge on any atom is -0.368 e. The molecule has 100 valence electrons. The lowest BCUT2D eigenvalue weighted by Crippen LogP contribution is -2.35. The van der Waals surface area contributed by atoms with Gasteiger partial charge < -0.3 is 10.6 Å². The summed E-state index contributed by atoms with van der Waals surface area (Å²) in [5, 5.41) is 0. The second-order valence-corrected chi connectivity index (χ2v) is 6.00. The fourth-order valence-electron chi connectivity index (χ4n) is 2.90. The van der Waals surface area contributed by atoms with E-state index < -0.39 is 0 Å². The Hall–Kier alpha value is -0.540. The van der Waals surface area contributed by atoms with Crippen molar-refractivity contribution in [2.45, 2.75) is 51.6 Å². The topological polar surface area (TPSA) is 29.3 Å². The first kappa shape index (κ1) is 13.9. The van der Waals surface area contributed by atoms with Gasteiger partial charge in [-0.1, -0.05) is 41.8 Å². The highest BCUT2D eigenvalue weighted by molar-refractivity contribution is 9.10. The lowest BCUT2D eigenvalue weighted by molar-refractivity contribution is 0.555. The van der Waals surface area contributed by atoms with Crippen molar-refractivity contribution in [1.29, 1.82) is 0 Å². The number of nitrogens with zero attached hydrogens (tertiary/aromatic N) is 1. The van der Waals surface area contributed by atoms with Crippen LogP contribution in [0.25, 0.3) is 0 Å². The fraction of sp³-hybridized carbons (Fsp3) is 0.600. The molecule has 1 heterocycles. The van der Waals surface area contributed by atoms with Gasteiger partial charge in [0.05, 0.1) is 0 Å². The van der Waals surface area contributed by atoms with Crippen LogP contribution in [-0.2, 0) is 6.54 Å². The van der Waals surface area contributed by atoms with Gasteiger partial charge in [0.1, 0.15) is 0 Å². The maximum Gasteiger partial charge on any atom is 0.0425 e. The predicted molar refractivity (Wildman–Crippen MR) is 81.9 cm³/mol. The number of hydrogen-bond donors (Lipinski definition) is 1. The number of benzene rings is 1. The van der Waals surface area contributed by atoms with Gasteiger partial charge >= 0.3 is 0 Å². The van der Waals surface area contributed by atoms with Gasteiger partial charge in [0.15, 0.2) is 0 Å². The van der Waals surface area contributed by atoms with Crippen molar-refractivity contribution in [2.24, 2.45) is 5.73 Å². The average molecular weight is 311 g/mol. The molecule has 3 heteroatoms. The zero-order valence-corrected chi connectivity index (χ0v) is 12.7. The lowest BCUT2D eigenvalue weighted by atomic mass is 10.1. The molecule has 1 aliphatic rings. The zero-order valence-electron chi connectivity index (χ0n) is 11.2. The van der Waals surface area contributed by atoms with Crippen molar-refractivity contribution in [2.75, 3.05) is 11.4 Å². The Labute approximate surface area is 119 Å². The second-order valence-electron chi connectivity index (χ2n) is 5.08. The van der Waals surface area contributed by atoms with Crippen molar-refractivity contribution in [3.05, 3.63) is 28.2 Å². The molecule has 0 amide bonds. The lowest BCUT2D eigenvalue weighted by Gasteiger charge is -2.33. The van der Waals surface area contributed by atoms with Crippen LogP contribution in [0.3, 0.4) is 0 Å². The van der Waals surface area contributed by atoms with Crippen LogP contribution < -0.4 is 10.6 Å². The molecule has 1 aliphatic heterocycles. The monoisotopic (exact) mass is 310 g/mol. The van der Waals surface area contributed by atoms with E-state index in [2.05, 4.69) is 46.0 Å². The Morgan fingerprint density at radius 2 is 2.17 bits per heavy atom. The maximum absolute atomic E-state index is 5.89. The summed E-state index contributed by atoms with van der Waals surface area (Å²) in [5.74, 6) is 0.